The van der Waals surface area contributed by atoms with Crippen LogP contribution >= 0.6 is 0 Å². The third-order valence-corrected chi connectivity index (χ3v) is 3.97. The molecule has 3 aromatic heterocycles. The molecule has 8 nitrogen and oxygen atoms in total. The monoisotopic (exact) mass is 394 g/mol. The van der Waals surface area contributed by atoms with Gasteiger partial charge in [-0.15, -0.1) is 0 Å². The van der Waals surface area contributed by atoms with Gasteiger partial charge < -0.3 is 24.9 Å². The van der Waals surface area contributed by atoms with E-state index in [4.69, 9.17) is 9.26 Å². The first kappa shape index (κ1) is 18.5. The summed E-state index contributed by atoms with van der Waals surface area (Å²) in [5.74, 6) is 2.11. The van der Waals surface area contributed by atoms with Gasteiger partial charge in [0.25, 0.3) is 0 Å². The summed E-state index contributed by atoms with van der Waals surface area (Å²) in [4.78, 5) is 11.6. The van der Waals surface area contributed by atoms with Gasteiger partial charge in [0, 0.05) is 24.5 Å². The number of rotatable bonds is 8. The number of ether oxygens (including phenoxy) is 1. The van der Waals surface area contributed by atoms with E-state index < -0.39 is 0 Å². The van der Waals surface area contributed by atoms with E-state index in [2.05, 4.69) is 30.7 Å². The maximum absolute atomic E-state index is 13.2. The summed E-state index contributed by atoms with van der Waals surface area (Å²) in [5, 5.41) is 10.2. The van der Waals surface area contributed by atoms with E-state index in [-0.39, 0.29) is 12.4 Å². The van der Waals surface area contributed by atoms with Gasteiger partial charge in [0.2, 0.25) is 5.95 Å². The van der Waals surface area contributed by atoms with Crippen molar-refractivity contribution in [3.63, 3.8) is 0 Å². The van der Waals surface area contributed by atoms with Gasteiger partial charge in [-0.25, -0.2) is 9.37 Å². The van der Waals surface area contributed by atoms with Crippen molar-refractivity contribution < 1.29 is 13.7 Å². The number of aromatic amines is 1. The molecular formula is C20H19FN6O2. The summed E-state index contributed by atoms with van der Waals surface area (Å²) in [5.41, 5.74) is 2.30. The lowest BCUT2D eigenvalue weighted by molar-refractivity contribution is 0.295. The van der Waals surface area contributed by atoms with E-state index in [0.29, 0.717) is 24.2 Å². The molecule has 0 radical (unpaired) electrons. The third-order valence-electron chi connectivity index (χ3n) is 3.97. The van der Waals surface area contributed by atoms with Crippen LogP contribution in [0.2, 0.25) is 0 Å². The second-order valence-electron chi connectivity index (χ2n) is 6.34. The van der Waals surface area contributed by atoms with Gasteiger partial charge in [-0.1, -0.05) is 17.3 Å². The third kappa shape index (κ3) is 5.10. The fraction of sp³-hybridized carbons (Fsp3) is 0.150. The van der Waals surface area contributed by atoms with Crippen molar-refractivity contribution in [2.24, 2.45) is 0 Å². The Morgan fingerprint density at radius 3 is 2.97 bits per heavy atom. The molecule has 4 aromatic rings. The van der Waals surface area contributed by atoms with Crippen molar-refractivity contribution in [3.05, 3.63) is 77.7 Å². The van der Waals surface area contributed by atoms with Crippen molar-refractivity contribution in [1.82, 2.24) is 20.1 Å². The van der Waals surface area contributed by atoms with Crippen LogP contribution < -0.4 is 15.4 Å². The highest BCUT2D eigenvalue weighted by Crippen LogP contribution is 2.21. The molecule has 9 heteroatoms. The second kappa shape index (κ2) is 8.42. The fourth-order valence-electron chi connectivity index (χ4n) is 2.65. The normalized spacial score (nSPS) is 10.7. The second-order valence-corrected chi connectivity index (χ2v) is 6.34. The zero-order chi connectivity index (χ0) is 20.1. The summed E-state index contributed by atoms with van der Waals surface area (Å²) in [6.07, 6.45) is 3.41. The number of hydrogen-bond acceptors (Lipinski definition) is 7. The van der Waals surface area contributed by atoms with Gasteiger partial charge >= 0.3 is 0 Å². The Morgan fingerprint density at radius 2 is 2.14 bits per heavy atom. The highest BCUT2D eigenvalue weighted by molar-refractivity contribution is 5.57. The first-order chi connectivity index (χ1) is 14.1. The molecule has 1 aromatic carbocycles. The van der Waals surface area contributed by atoms with Crippen LogP contribution in [0.4, 0.5) is 21.8 Å². The van der Waals surface area contributed by atoms with Crippen molar-refractivity contribution in [3.8, 4) is 5.88 Å². The summed E-state index contributed by atoms with van der Waals surface area (Å²) in [7, 11) is 0. The highest BCUT2D eigenvalue weighted by atomic mass is 19.1. The Kier molecular flexibility index (Phi) is 5.37. The van der Waals surface area contributed by atoms with Gasteiger partial charge in [-0.2, -0.15) is 4.98 Å². The lowest BCUT2D eigenvalue weighted by Gasteiger charge is -2.06. The molecule has 0 spiro atoms. The molecular weight excluding hydrogens is 375 g/mol. The predicted molar refractivity (Wildman–Crippen MR) is 105 cm³/mol. The van der Waals surface area contributed by atoms with Gasteiger partial charge in [-0.3, -0.25) is 0 Å². The number of halogens is 1. The largest absolute Gasteiger partial charge is 0.474 e. The van der Waals surface area contributed by atoms with Gasteiger partial charge in [0.1, 0.15) is 29.7 Å². The molecule has 148 valence electrons. The maximum Gasteiger partial charge on any atom is 0.224 e. The molecule has 0 atom stereocenters. The lowest BCUT2D eigenvalue weighted by atomic mass is 10.2. The van der Waals surface area contributed by atoms with Crippen molar-refractivity contribution >= 4 is 17.5 Å². The summed E-state index contributed by atoms with van der Waals surface area (Å²) < 4.78 is 23.9. The minimum atomic E-state index is -0.285. The number of anilines is 3. The quantitative estimate of drug-likeness (QED) is 0.412. The summed E-state index contributed by atoms with van der Waals surface area (Å²) >= 11 is 0. The molecule has 0 aliphatic carbocycles. The molecule has 4 rings (SSSR count). The number of hydrogen-bond donors (Lipinski definition) is 3. The van der Waals surface area contributed by atoms with Crippen LogP contribution in [0.1, 0.15) is 17.0 Å². The van der Waals surface area contributed by atoms with E-state index in [9.17, 15) is 4.39 Å². The van der Waals surface area contributed by atoms with Gasteiger partial charge in [-0.05, 0) is 30.7 Å². The van der Waals surface area contributed by atoms with Crippen molar-refractivity contribution in [2.45, 2.75) is 20.1 Å². The zero-order valence-corrected chi connectivity index (χ0v) is 15.6. The molecule has 29 heavy (non-hydrogen) atoms. The first-order valence-electron chi connectivity index (χ1n) is 8.96. The smallest absolute Gasteiger partial charge is 0.224 e. The van der Waals surface area contributed by atoms with Crippen LogP contribution in [-0.4, -0.2) is 20.1 Å². The number of H-pyrrole nitrogens is 1. The van der Waals surface area contributed by atoms with Gasteiger partial charge in [0.05, 0.1) is 12.2 Å². The maximum atomic E-state index is 13.2. The topological polar surface area (TPSA) is 101 Å². The standard InChI is InChI=1S/C20H19FN6O2/c1-13-7-17(27-29-13)11-24-20-22-6-5-18(26-20)25-16-9-19(23-10-16)28-12-14-3-2-4-15(21)8-14/h2-10,23H,11-12H2,1H3,(H2,22,24,25,26). The van der Waals surface area contributed by atoms with E-state index in [1.807, 2.05) is 13.0 Å². The number of nitrogens with one attached hydrogen (secondary N) is 3. The average molecular weight is 394 g/mol. The van der Waals surface area contributed by atoms with Crippen molar-refractivity contribution in [2.75, 3.05) is 10.6 Å². The number of aromatic nitrogens is 4. The van der Waals surface area contributed by atoms with Crippen molar-refractivity contribution in [1.29, 1.82) is 0 Å². The average Bonchev–Trinajstić information content (AvgIpc) is 3.34. The molecule has 0 saturated heterocycles. The molecule has 0 unspecified atom stereocenters. The molecule has 0 amide bonds. The van der Waals surface area contributed by atoms with E-state index in [1.54, 1.807) is 36.7 Å². The Morgan fingerprint density at radius 1 is 1.21 bits per heavy atom. The predicted octanol–water partition coefficient (Wildman–Crippen LogP) is 4.17. The van der Waals surface area contributed by atoms with Crippen LogP contribution in [0.5, 0.6) is 5.88 Å². The van der Waals surface area contributed by atoms with Gasteiger partial charge in [0.15, 0.2) is 5.88 Å². The first-order valence-corrected chi connectivity index (χ1v) is 8.96. The SMILES string of the molecule is Cc1cc(CNc2nccc(Nc3c[nH]c(OCc4cccc(F)c4)c3)n2)no1. The summed E-state index contributed by atoms with van der Waals surface area (Å²) in [6.45, 7) is 2.56. The molecule has 3 heterocycles. The minimum Gasteiger partial charge on any atom is -0.474 e. The Hall–Kier alpha value is -3.88. The molecule has 0 aliphatic rings. The number of aryl methyl sites for hydroxylation is 1. The minimum absolute atomic E-state index is 0.265. The highest BCUT2D eigenvalue weighted by Gasteiger charge is 2.05. The molecule has 0 bridgehead atoms. The van der Waals surface area contributed by atoms with Crippen LogP contribution in [0.15, 0.2) is 59.4 Å². The van der Waals surface area contributed by atoms with E-state index in [1.165, 1.54) is 12.1 Å². The van der Waals surface area contributed by atoms with E-state index >= 15 is 0 Å². The molecule has 3 N–H and O–H groups in total. The molecule has 0 aliphatic heterocycles. The summed E-state index contributed by atoms with van der Waals surface area (Å²) in [6, 6.07) is 11.7. The molecule has 0 saturated carbocycles. The van der Waals surface area contributed by atoms with Crippen LogP contribution in [0.3, 0.4) is 0 Å². The van der Waals surface area contributed by atoms with Crippen LogP contribution in [-0.2, 0) is 13.2 Å². The van der Waals surface area contributed by atoms with E-state index in [0.717, 1.165) is 22.7 Å². The number of benzene rings is 1. The lowest BCUT2D eigenvalue weighted by Crippen LogP contribution is -2.05. The zero-order valence-electron chi connectivity index (χ0n) is 15.6. The Labute approximate surface area is 166 Å². The van der Waals surface area contributed by atoms with Crippen LogP contribution in [0, 0.1) is 12.7 Å². The molecule has 0 fully saturated rings. The fourth-order valence-corrected chi connectivity index (χ4v) is 2.65. The Balaban J connectivity index is 1.33. The number of nitrogens with zero attached hydrogens (tertiary/aromatic N) is 3. The Bertz CT molecular complexity index is 1090. The van der Waals surface area contributed by atoms with Crippen LogP contribution in [0.25, 0.3) is 0 Å².